The Balaban J connectivity index is 1.76. The second-order valence-electron chi connectivity index (χ2n) is 7.38. The Labute approximate surface area is 174 Å². The number of nitrogens with one attached hydrogen (secondary N) is 3. The van der Waals surface area contributed by atoms with Crippen LogP contribution in [0.1, 0.15) is 30.2 Å². The largest absolute Gasteiger partial charge is 0.326 e. The number of carbonyl (C=O) groups is 2. The highest BCUT2D eigenvalue weighted by Crippen LogP contribution is 2.42. The molecule has 3 rings (SSSR count). The molecule has 1 aliphatic heterocycles. The van der Waals surface area contributed by atoms with Gasteiger partial charge in [-0.2, -0.15) is 0 Å². The molecule has 0 saturated heterocycles. The third-order valence-corrected chi connectivity index (χ3v) is 6.49. The molecule has 0 bridgehead atoms. The minimum absolute atomic E-state index is 0.349. The van der Waals surface area contributed by atoms with E-state index in [-0.39, 0.29) is 6.03 Å². The molecule has 1 unspecified atom stereocenters. The lowest BCUT2D eigenvalue weighted by Crippen LogP contribution is -2.47. The van der Waals surface area contributed by atoms with E-state index in [1.807, 2.05) is 0 Å². The molecule has 0 spiro atoms. The van der Waals surface area contributed by atoms with Crippen molar-refractivity contribution in [2.45, 2.75) is 32.7 Å². The number of amides is 3. The Morgan fingerprint density at radius 1 is 1.29 bits per heavy atom. The lowest BCUT2D eigenvalue weighted by atomic mass is 10.0. The zero-order chi connectivity index (χ0) is 20.1. The van der Waals surface area contributed by atoms with Gasteiger partial charge in [0.25, 0.3) is 0 Å². The maximum absolute atomic E-state index is 12.4. The normalized spacial score (nSPS) is 18.2. The summed E-state index contributed by atoms with van der Waals surface area (Å²) in [7, 11) is 2.28. The fourth-order valence-electron chi connectivity index (χ4n) is 3.54. The Hall–Kier alpha value is -2.09. The molecule has 3 N–H and O–H groups in total. The van der Waals surface area contributed by atoms with Gasteiger partial charge in [0.15, 0.2) is 0 Å². The minimum Gasteiger partial charge on any atom is -0.326 e. The van der Waals surface area contributed by atoms with Crippen LogP contribution in [0.4, 0.5) is 21.2 Å². The van der Waals surface area contributed by atoms with E-state index >= 15 is 0 Å². The average Bonchev–Trinajstić information content (AvgIpc) is 2.98. The molecule has 0 radical (unpaired) electrons. The van der Waals surface area contributed by atoms with Gasteiger partial charge in [0.05, 0.1) is 30.7 Å². The molecule has 2 heterocycles. The maximum atomic E-state index is 12.4. The van der Waals surface area contributed by atoms with Crippen molar-refractivity contribution in [1.29, 1.82) is 0 Å². The molecule has 8 heteroatoms. The summed E-state index contributed by atoms with van der Waals surface area (Å²) in [6, 6.07) is 6.56. The number of rotatable bonds is 7. The molecule has 1 aromatic carbocycles. The number of benzene rings is 1. The number of carbonyl (C=O) groups excluding carboxylic acids is 2. The van der Waals surface area contributed by atoms with E-state index in [1.165, 1.54) is 17.7 Å². The van der Waals surface area contributed by atoms with Crippen LogP contribution in [0.5, 0.6) is 0 Å². The number of thiophene rings is 1. The predicted octanol–water partition coefficient (Wildman–Crippen LogP) is 4.92. The molecule has 28 heavy (non-hydrogen) atoms. The Bertz CT molecular complexity index is 853. The van der Waals surface area contributed by atoms with E-state index in [1.54, 1.807) is 35.6 Å². The summed E-state index contributed by atoms with van der Waals surface area (Å²) < 4.78 is 0.998. The van der Waals surface area contributed by atoms with Gasteiger partial charge in [0, 0.05) is 22.7 Å². The fourth-order valence-corrected chi connectivity index (χ4v) is 5.04. The Morgan fingerprint density at radius 3 is 2.71 bits per heavy atom. The summed E-state index contributed by atoms with van der Waals surface area (Å²) in [6.07, 6.45) is 3.94. The summed E-state index contributed by atoms with van der Waals surface area (Å²) in [5, 5.41) is 9.76. The minimum atomic E-state index is -0.349. The van der Waals surface area contributed by atoms with Gasteiger partial charge in [-0.05, 0) is 30.7 Å². The number of nitrogens with zero attached hydrogens (tertiary/aromatic N) is 1. The molecular formula is C20H26ClN4O2S+. The van der Waals surface area contributed by atoms with E-state index in [2.05, 4.69) is 29.9 Å². The van der Waals surface area contributed by atoms with E-state index in [0.717, 1.165) is 41.8 Å². The van der Waals surface area contributed by atoms with E-state index in [0.29, 0.717) is 22.1 Å². The van der Waals surface area contributed by atoms with Crippen LogP contribution in [-0.2, 0) is 17.8 Å². The van der Waals surface area contributed by atoms with Gasteiger partial charge in [-0.25, -0.2) is 4.79 Å². The highest BCUT2D eigenvalue weighted by atomic mass is 35.5. The van der Waals surface area contributed by atoms with E-state index in [9.17, 15) is 9.59 Å². The lowest BCUT2D eigenvalue weighted by Gasteiger charge is -2.37. The van der Waals surface area contributed by atoms with Gasteiger partial charge in [-0.15, -0.1) is 11.3 Å². The van der Waals surface area contributed by atoms with Crippen LogP contribution in [0.3, 0.4) is 0 Å². The van der Waals surface area contributed by atoms with Gasteiger partial charge in [0.2, 0.25) is 6.41 Å². The first-order valence-electron chi connectivity index (χ1n) is 9.46. The number of quaternary nitrogens is 1. The zero-order valence-electron chi connectivity index (χ0n) is 16.2. The van der Waals surface area contributed by atoms with Crippen LogP contribution >= 0.6 is 22.9 Å². The monoisotopic (exact) mass is 421 g/mol. The summed E-state index contributed by atoms with van der Waals surface area (Å²) in [6.45, 7) is 5.31. The van der Waals surface area contributed by atoms with Crippen molar-refractivity contribution in [3.8, 4) is 0 Å². The molecule has 0 aliphatic carbocycles. The standard InChI is InChI=1S/C20H25ClN4O2S/c1-3-4-10-25(2)11-9-16-17(12-25)28-19(18(16)22-13-26)24-20(27)23-15-7-5-14(21)6-8-15/h5-8,13H,3-4,9-12H2,1-2H3,(H2-,22,23,24,26,27)/p+1. The third-order valence-electron chi connectivity index (χ3n) is 5.10. The summed E-state index contributed by atoms with van der Waals surface area (Å²) in [5.74, 6) is 0. The number of anilines is 3. The van der Waals surface area contributed by atoms with Crippen LogP contribution in [0.25, 0.3) is 0 Å². The SMILES string of the molecule is CCCC[N+]1(C)CCc2c(sc(NC(=O)Nc3ccc(Cl)cc3)c2NC=O)C1. The van der Waals surface area contributed by atoms with Crippen molar-refractivity contribution in [2.24, 2.45) is 0 Å². The van der Waals surface area contributed by atoms with Crippen molar-refractivity contribution in [2.75, 3.05) is 36.1 Å². The Kier molecular flexibility index (Phi) is 6.59. The lowest BCUT2D eigenvalue weighted by molar-refractivity contribution is -0.924. The van der Waals surface area contributed by atoms with E-state index in [4.69, 9.17) is 11.6 Å². The topological polar surface area (TPSA) is 70.2 Å². The van der Waals surface area contributed by atoms with Crippen molar-refractivity contribution in [3.05, 3.63) is 39.7 Å². The first kappa shape index (κ1) is 20.6. The molecule has 6 nitrogen and oxygen atoms in total. The molecule has 0 saturated carbocycles. The van der Waals surface area contributed by atoms with Crippen LogP contribution in [0.2, 0.25) is 5.02 Å². The molecule has 3 amide bonds. The van der Waals surface area contributed by atoms with Gasteiger partial charge in [-0.1, -0.05) is 24.9 Å². The van der Waals surface area contributed by atoms with Crippen LogP contribution in [-0.4, -0.2) is 37.1 Å². The second-order valence-corrected chi connectivity index (χ2v) is 8.93. The Morgan fingerprint density at radius 2 is 2.04 bits per heavy atom. The number of hydrogen-bond acceptors (Lipinski definition) is 3. The second kappa shape index (κ2) is 8.94. The summed E-state index contributed by atoms with van der Waals surface area (Å²) in [4.78, 5) is 24.8. The van der Waals surface area contributed by atoms with Gasteiger partial charge in [-0.3, -0.25) is 10.1 Å². The first-order chi connectivity index (χ1) is 13.4. The number of likely N-dealkylation sites (N-methyl/N-ethyl adjacent to an activating group) is 1. The molecule has 1 atom stereocenters. The number of urea groups is 1. The molecule has 2 aromatic rings. The van der Waals surface area contributed by atoms with E-state index < -0.39 is 0 Å². The number of fused-ring (bicyclic) bond motifs is 1. The van der Waals surface area contributed by atoms with Crippen molar-refractivity contribution in [3.63, 3.8) is 0 Å². The maximum Gasteiger partial charge on any atom is 0.324 e. The summed E-state index contributed by atoms with van der Waals surface area (Å²) >= 11 is 7.43. The van der Waals surface area contributed by atoms with Crippen LogP contribution in [0, 0.1) is 0 Å². The predicted molar refractivity (Wildman–Crippen MR) is 116 cm³/mol. The van der Waals surface area contributed by atoms with Crippen LogP contribution in [0.15, 0.2) is 24.3 Å². The van der Waals surface area contributed by atoms with Gasteiger partial charge >= 0.3 is 6.03 Å². The molecule has 1 aliphatic rings. The summed E-state index contributed by atoms with van der Waals surface area (Å²) in [5.41, 5.74) is 2.52. The number of halogens is 1. The van der Waals surface area contributed by atoms with Gasteiger partial charge in [0.1, 0.15) is 11.5 Å². The zero-order valence-corrected chi connectivity index (χ0v) is 17.8. The highest BCUT2D eigenvalue weighted by Gasteiger charge is 2.33. The highest BCUT2D eigenvalue weighted by molar-refractivity contribution is 7.17. The van der Waals surface area contributed by atoms with Crippen molar-refractivity contribution >= 4 is 51.8 Å². The first-order valence-corrected chi connectivity index (χ1v) is 10.7. The smallest absolute Gasteiger partial charge is 0.324 e. The van der Waals surface area contributed by atoms with Crippen molar-refractivity contribution < 1.29 is 14.1 Å². The third kappa shape index (κ3) is 4.84. The van der Waals surface area contributed by atoms with Crippen molar-refractivity contribution in [1.82, 2.24) is 0 Å². The number of unbranched alkanes of at least 4 members (excludes halogenated alkanes) is 1. The fraction of sp³-hybridized carbons (Fsp3) is 0.400. The van der Waals surface area contributed by atoms with Gasteiger partial charge < -0.3 is 15.1 Å². The average molecular weight is 422 g/mol. The molecule has 1 aromatic heterocycles. The molecule has 0 fully saturated rings. The molecule has 150 valence electrons. The quantitative estimate of drug-likeness (QED) is 0.438. The number of hydrogen-bond donors (Lipinski definition) is 3. The molecular weight excluding hydrogens is 396 g/mol. The van der Waals surface area contributed by atoms with Crippen LogP contribution < -0.4 is 16.0 Å².